The standard InChI is InChI=1S/C27H29FN2O/c1-19-15-25-21(18-29-30(25)23-13-11-22(28)12-14-23)16-27(19,2)17-26(31-24-9-6-10-24)20-7-4-3-5-8-20/h3-5,7-8,11-15,18,24,26H,6,9-10,16-17H2,1-2H3/t26?,27-/m1/s1. The highest BCUT2D eigenvalue weighted by atomic mass is 19.1. The molecule has 3 aromatic rings. The molecule has 0 bridgehead atoms. The van der Waals surface area contributed by atoms with Gasteiger partial charge in [-0.05, 0) is 85.9 Å². The van der Waals surface area contributed by atoms with E-state index in [0.29, 0.717) is 6.10 Å². The van der Waals surface area contributed by atoms with Gasteiger partial charge in [0.2, 0.25) is 0 Å². The van der Waals surface area contributed by atoms with Crippen LogP contribution in [0.15, 0.2) is 66.4 Å². The van der Waals surface area contributed by atoms with Crippen molar-refractivity contribution in [2.75, 3.05) is 0 Å². The van der Waals surface area contributed by atoms with Gasteiger partial charge >= 0.3 is 0 Å². The highest BCUT2D eigenvalue weighted by Gasteiger charge is 2.37. The fraction of sp³-hybridized carbons (Fsp3) is 0.370. The molecule has 3 nitrogen and oxygen atoms in total. The third kappa shape index (κ3) is 3.97. The van der Waals surface area contributed by atoms with Gasteiger partial charge in [0.25, 0.3) is 0 Å². The first-order valence-electron chi connectivity index (χ1n) is 11.2. The molecule has 1 fully saturated rings. The van der Waals surface area contributed by atoms with Crippen molar-refractivity contribution in [1.29, 1.82) is 0 Å². The van der Waals surface area contributed by atoms with E-state index in [1.807, 2.05) is 10.9 Å². The van der Waals surface area contributed by atoms with Gasteiger partial charge in [-0.15, -0.1) is 0 Å². The Kier molecular flexibility index (Phi) is 5.27. The first-order chi connectivity index (χ1) is 15.0. The fourth-order valence-electron chi connectivity index (χ4n) is 4.70. The largest absolute Gasteiger partial charge is 0.370 e. The second-order valence-electron chi connectivity index (χ2n) is 9.30. The molecule has 0 radical (unpaired) electrons. The van der Waals surface area contributed by atoms with E-state index in [1.165, 1.54) is 48.1 Å². The van der Waals surface area contributed by atoms with Crippen molar-refractivity contribution in [3.63, 3.8) is 0 Å². The number of halogens is 1. The van der Waals surface area contributed by atoms with E-state index >= 15 is 0 Å². The maximum atomic E-state index is 13.4. The van der Waals surface area contributed by atoms with Gasteiger partial charge in [0.05, 0.1) is 29.8 Å². The predicted molar refractivity (Wildman–Crippen MR) is 122 cm³/mol. The Labute approximate surface area is 183 Å². The van der Waals surface area contributed by atoms with Gasteiger partial charge in [-0.2, -0.15) is 5.10 Å². The molecule has 0 aliphatic heterocycles. The topological polar surface area (TPSA) is 27.1 Å². The third-order valence-electron chi connectivity index (χ3n) is 7.06. The van der Waals surface area contributed by atoms with E-state index in [9.17, 15) is 4.39 Å². The zero-order valence-corrected chi connectivity index (χ0v) is 18.2. The summed E-state index contributed by atoms with van der Waals surface area (Å²) in [6, 6.07) is 17.2. The molecule has 5 rings (SSSR count). The summed E-state index contributed by atoms with van der Waals surface area (Å²) in [6.07, 6.45) is 10.2. The van der Waals surface area contributed by atoms with Crippen LogP contribution in [-0.4, -0.2) is 15.9 Å². The van der Waals surface area contributed by atoms with Crippen molar-refractivity contribution in [3.8, 4) is 5.69 Å². The van der Waals surface area contributed by atoms with E-state index in [2.05, 4.69) is 55.4 Å². The zero-order chi connectivity index (χ0) is 21.4. The van der Waals surface area contributed by atoms with E-state index < -0.39 is 0 Å². The summed E-state index contributed by atoms with van der Waals surface area (Å²) in [5.41, 5.74) is 5.79. The number of rotatable bonds is 6. The third-order valence-corrected chi connectivity index (χ3v) is 7.06. The molecule has 1 unspecified atom stereocenters. The molecule has 31 heavy (non-hydrogen) atoms. The van der Waals surface area contributed by atoms with Crippen LogP contribution >= 0.6 is 0 Å². The van der Waals surface area contributed by atoms with Crippen molar-refractivity contribution in [2.45, 2.75) is 58.2 Å². The Hall–Kier alpha value is -2.72. The maximum Gasteiger partial charge on any atom is 0.123 e. The highest BCUT2D eigenvalue weighted by Crippen LogP contribution is 2.46. The van der Waals surface area contributed by atoms with Gasteiger partial charge < -0.3 is 4.74 Å². The number of allylic oxidation sites excluding steroid dienone is 1. The van der Waals surface area contributed by atoms with Crippen LogP contribution in [0.1, 0.15) is 62.5 Å². The average Bonchev–Trinajstić information content (AvgIpc) is 3.13. The van der Waals surface area contributed by atoms with E-state index in [0.717, 1.165) is 24.2 Å². The number of benzene rings is 2. The molecule has 2 atom stereocenters. The summed E-state index contributed by atoms with van der Waals surface area (Å²) in [7, 11) is 0. The minimum absolute atomic E-state index is 0.00604. The van der Waals surface area contributed by atoms with Gasteiger partial charge in [0, 0.05) is 0 Å². The number of nitrogens with zero attached hydrogens (tertiary/aromatic N) is 2. The maximum absolute atomic E-state index is 13.4. The van der Waals surface area contributed by atoms with Crippen LogP contribution in [0.3, 0.4) is 0 Å². The summed E-state index contributed by atoms with van der Waals surface area (Å²) in [5, 5.41) is 4.62. The number of hydrogen-bond donors (Lipinski definition) is 0. The molecule has 0 amide bonds. The SMILES string of the molecule is CC1=Cc2c(cnn2-c2ccc(F)cc2)C[C@]1(C)CC(OC1CCC1)c1ccccc1. The summed E-state index contributed by atoms with van der Waals surface area (Å²) in [4.78, 5) is 0. The van der Waals surface area contributed by atoms with E-state index in [-0.39, 0.29) is 17.3 Å². The molecule has 2 aliphatic rings. The highest BCUT2D eigenvalue weighted by molar-refractivity contribution is 5.60. The number of ether oxygens (including phenoxy) is 1. The molecule has 2 aromatic carbocycles. The molecule has 4 heteroatoms. The van der Waals surface area contributed by atoms with Crippen LogP contribution < -0.4 is 0 Å². The van der Waals surface area contributed by atoms with Crippen LogP contribution in [-0.2, 0) is 11.2 Å². The van der Waals surface area contributed by atoms with Crippen molar-refractivity contribution < 1.29 is 9.13 Å². The first kappa shape index (κ1) is 20.2. The van der Waals surface area contributed by atoms with Gasteiger partial charge in [-0.3, -0.25) is 0 Å². The Morgan fingerprint density at radius 3 is 2.55 bits per heavy atom. The summed E-state index contributed by atoms with van der Waals surface area (Å²) >= 11 is 0. The lowest BCUT2D eigenvalue weighted by molar-refractivity contribution is -0.0674. The van der Waals surface area contributed by atoms with Crippen LogP contribution in [0.2, 0.25) is 0 Å². The number of fused-ring (bicyclic) bond motifs is 1. The van der Waals surface area contributed by atoms with Gasteiger partial charge in [-0.25, -0.2) is 9.07 Å². The van der Waals surface area contributed by atoms with Crippen LogP contribution in [0.25, 0.3) is 11.8 Å². The summed E-state index contributed by atoms with van der Waals surface area (Å²) < 4.78 is 21.9. The Balaban J connectivity index is 1.43. The first-order valence-corrected chi connectivity index (χ1v) is 11.2. The lowest BCUT2D eigenvalue weighted by atomic mass is 9.70. The minimum Gasteiger partial charge on any atom is -0.370 e. The number of hydrogen-bond acceptors (Lipinski definition) is 2. The number of aromatic nitrogens is 2. The zero-order valence-electron chi connectivity index (χ0n) is 18.2. The molecule has 0 saturated heterocycles. The lowest BCUT2D eigenvalue weighted by Gasteiger charge is -2.39. The molecule has 1 heterocycles. The minimum atomic E-state index is -0.234. The second kappa shape index (κ2) is 8.08. The van der Waals surface area contributed by atoms with E-state index in [4.69, 9.17) is 4.74 Å². The van der Waals surface area contributed by atoms with Crippen molar-refractivity contribution in [1.82, 2.24) is 9.78 Å². The van der Waals surface area contributed by atoms with Crippen molar-refractivity contribution in [3.05, 3.63) is 89.0 Å². The summed E-state index contributed by atoms with van der Waals surface area (Å²) in [6.45, 7) is 4.56. The van der Waals surface area contributed by atoms with Crippen molar-refractivity contribution in [2.24, 2.45) is 5.41 Å². The van der Waals surface area contributed by atoms with Gasteiger partial charge in [0.15, 0.2) is 0 Å². The molecule has 0 spiro atoms. The monoisotopic (exact) mass is 416 g/mol. The molecular formula is C27H29FN2O. The predicted octanol–water partition coefficient (Wildman–Crippen LogP) is 6.68. The molecule has 0 N–H and O–H groups in total. The molecule has 160 valence electrons. The molecule has 1 aromatic heterocycles. The fourth-order valence-corrected chi connectivity index (χ4v) is 4.70. The van der Waals surface area contributed by atoms with Crippen LogP contribution in [0.5, 0.6) is 0 Å². The van der Waals surface area contributed by atoms with Gasteiger partial charge in [0.1, 0.15) is 5.82 Å². The normalized spacial score (nSPS) is 21.8. The Morgan fingerprint density at radius 2 is 1.87 bits per heavy atom. The Bertz CT molecular complexity index is 1080. The van der Waals surface area contributed by atoms with Gasteiger partial charge in [-0.1, -0.05) is 42.8 Å². The lowest BCUT2D eigenvalue weighted by Crippen LogP contribution is -2.31. The molecule has 1 saturated carbocycles. The van der Waals surface area contributed by atoms with E-state index in [1.54, 1.807) is 12.1 Å². The molecule has 2 aliphatic carbocycles. The average molecular weight is 417 g/mol. The van der Waals surface area contributed by atoms with Crippen LogP contribution in [0.4, 0.5) is 4.39 Å². The van der Waals surface area contributed by atoms with Crippen molar-refractivity contribution >= 4 is 6.08 Å². The Morgan fingerprint density at radius 1 is 1.13 bits per heavy atom. The summed E-state index contributed by atoms with van der Waals surface area (Å²) in [5.74, 6) is -0.234. The smallest absolute Gasteiger partial charge is 0.123 e. The quantitative estimate of drug-likeness (QED) is 0.448. The second-order valence-corrected chi connectivity index (χ2v) is 9.30. The molecular weight excluding hydrogens is 387 g/mol. The van der Waals surface area contributed by atoms with Crippen LogP contribution in [0, 0.1) is 11.2 Å².